The second-order valence-electron chi connectivity index (χ2n) is 4.17. The lowest BCUT2D eigenvalue weighted by atomic mass is 10.2. The molecule has 8 heteroatoms. The highest BCUT2D eigenvalue weighted by Gasteiger charge is 2.10. The van der Waals surface area contributed by atoms with Crippen LogP contribution in [0, 0.1) is 6.92 Å². The van der Waals surface area contributed by atoms with Crippen molar-refractivity contribution in [1.29, 1.82) is 0 Å². The molecule has 19 heavy (non-hydrogen) atoms. The predicted molar refractivity (Wildman–Crippen MR) is 72.9 cm³/mol. The number of benzene rings is 1. The van der Waals surface area contributed by atoms with E-state index in [1.807, 2.05) is 6.92 Å². The fourth-order valence-corrected chi connectivity index (χ4v) is 2.17. The molecule has 6 N–H and O–H groups in total. The number of anilines is 2. The Kier molecular flexibility index (Phi) is 3.45. The first-order valence-electron chi connectivity index (χ1n) is 5.53. The molecule has 0 unspecified atom stereocenters. The van der Waals surface area contributed by atoms with E-state index in [-0.39, 0.29) is 4.90 Å². The van der Waals surface area contributed by atoms with Crippen LogP contribution in [-0.4, -0.2) is 18.6 Å². The van der Waals surface area contributed by atoms with Crippen molar-refractivity contribution >= 4 is 21.4 Å². The average Bonchev–Trinajstić information content (AvgIpc) is 2.72. The standard InChI is InChI=1S/C11H15N5O2S/c1-7-8(6-15-16-7)5-14-11-3-2-9(4-10(11)12)19(13,17)18/h2-4,6,14H,5,12H2,1H3,(H,15,16)(H2,13,17,18). The molecule has 0 aliphatic heterocycles. The zero-order valence-electron chi connectivity index (χ0n) is 10.3. The molecule has 1 aromatic carbocycles. The summed E-state index contributed by atoms with van der Waals surface area (Å²) in [5.74, 6) is 0. The minimum Gasteiger partial charge on any atom is -0.397 e. The van der Waals surface area contributed by atoms with Gasteiger partial charge in [-0.1, -0.05) is 0 Å². The topological polar surface area (TPSA) is 127 Å². The van der Waals surface area contributed by atoms with E-state index in [9.17, 15) is 8.42 Å². The number of nitrogens with two attached hydrogens (primary N) is 2. The van der Waals surface area contributed by atoms with Gasteiger partial charge in [-0.3, -0.25) is 5.10 Å². The quantitative estimate of drug-likeness (QED) is 0.609. The van der Waals surface area contributed by atoms with Crippen LogP contribution in [0.4, 0.5) is 11.4 Å². The van der Waals surface area contributed by atoms with Crippen LogP contribution in [0.2, 0.25) is 0 Å². The number of rotatable bonds is 4. The number of primary sulfonamides is 1. The Balaban J connectivity index is 2.16. The van der Waals surface area contributed by atoms with E-state index >= 15 is 0 Å². The SMILES string of the molecule is Cc1[nH]ncc1CNc1ccc(S(N)(=O)=O)cc1N. The molecule has 0 aliphatic rings. The van der Waals surface area contributed by atoms with Gasteiger partial charge in [0.25, 0.3) is 0 Å². The van der Waals surface area contributed by atoms with Crippen LogP contribution in [0.3, 0.4) is 0 Å². The first-order valence-corrected chi connectivity index (χ1v) is 7.07. The van der Waals surface area contributed by atoms with Crippen LogP contribution >= 0.6 is 0 Å². The maximum atomic E-state index is 11.2. The van der Waals surface area contributed by atoms with E-state index in [4.69, 9.17) is 10.9 Å². The summed E-state index contributed by atoms with van der Waals surface area (Å²) in [6.45, 7) is 2.46. The second kappa shape index (κ2) is 4.90. The van der Waals surface area contributed by atoms with Crippen LogP contribution in [0.1, 0.15) is 11.3 Å². The molecule has 0 bridgehead atoms. The summed E-state index contributed by atoms with van der Waals surface area (Å²) in [4.78, 5) is -0.00459. The number of nitrogens with one attached hydrogen (secondary N) is 2. The monoisotopic (exact) mass is 281 g/mol. The molecule has 1 aromatic heterocycles. The number of aryl methyl sites for hydroxylation is 1. The fraction of sp³-hybridized carbons (Fsp3) is 0.182. The third-order valence-electron chi connectivity index (χ3n) is 2.76. The maximum Gasteiger partial charge on any atom is 0.238 e. The van der Waals surface area contributed by atoms with Crippen molar-refractivity contribution in [2.45, 2.75) is 18.4 Å². The maximum absolute atomic E-state index is 11.2. The van der Waals surface area contributed by atoms with Crippen molar-refractivity contribution in [3.05, 3.63) is 35.7 Å². The van der Waals surface area contributed by atoms with Crippen molar-refractivity contribution in [2.75, 3.05) is 11.1 Å². The lowest BCUT2D eigenvalue weighted by Crippen LogP contribution is -2.13. The summed E-state index contributed by atoms with van der Waals surface area (Å²) >= 11 is 0. The van der Waals surface area contributed by atoms with E-state index in [2.05, 4.69) is 15.5 Å². The molecule has 0 saturated heterocycles. The highest BCUT2D eigenvalue weighted by molar-refractivity contribution is 7.89. The van der Waals surface area contributed by atoms with E-state index in [1.165, 1.54) is 12.1 Å². The highest BCUT2D eigenvalue weighted by atomic mass is 32.2. The summed E-state index contributed by atoms with van der Waals surface area (Å²) < 4.78 is 22.4. The molecule has 2 aromatic rings. The van der Waals surface area contributed by atoms with Crippen LogP contribution in [0.5, 0.6) is 0 Å². The lowest BCUT2D eigenvalue weighted by molar-refractivity contribution is 0.598. The Hall–Kier alpha value is -2.06. The number of H-pyrrole nitrogens is 1. The molecular weight excluding hydrogens is 266 g/mol. The summed E-state index contributed by atoms with van der Waals surface area (Å²) in [7, 11) is -3.73. The first kappa shape index (κ1) is 13.4. The molecule has 0 saturated carbocycles. The van der Waals surface area contributed by atoms with Gasteiger partial charge in [-0.25, -0.2) is 13.6 Å². The summed E-state index contributed by atoms with van der Waals surface area (Å²) in [5, 5.41) is 14.9. The van der Waals surface area contributed by atoms with Gasteiger partial charge in [-0.15, -0.1) is 0 Å². The number of hydrogen-bond donors (Lipinski definition) is 4. The third kappa shape index (κ3) is 3.04. The molecule has 7 nitrogen and oxygen atoms in total. The lowest BCUT2D eigenvalue weighted by Gasteiger charge is -2.10. The van der Waals surface area contributed by atoms with Crippen LogP contribution < -0.4 is 16.2 Å². The third-order valence-corrected chi connectivity index (χ3v) is 3.67. The Morgan fingerprint density at radius 2 is 2.16 bits per heavy atom. The van der Waals surface area contributed by atoms with E-state index in [0.29, 0.717) is 17.9 Å². The number of nitrogen functional groups attached to an aromatic ring is 1. The van der Waals surface area contributed by atoms with Crippen molar-refractivity contribution in [3.8, 4) is 0 Å². The molecule has 0 fully saturated rings. The smallest absolute Gasteiger partial charge is 0.238 e. The molecule has 0 aliphatic carbocycles. The van der Waals surface area contributed by atoms with E-state index < -0.39 is 10.0 Å². The van der Waals surface area contributed by atoms with Gasteiger partial charge in [0.2, 0.25) is 10.0 Å². The van der Waals surface area contributed by atoms with Gasteiger partial charge in [0.1, 0.15) is 0 Å². The minimum atomic E-state index is -3.73. The molecular formula is C11H15N5O2S. The minimum absolute atomic E-state index is 0.00459. The van der Waals surface area contributed by atoms with E-state index in [0.717, 1.165) is 11.3 Å². The van der Waals surface area contributed by atoms with Crippen LogP contribution in [0.15, 0.2) is 29.3 Å². The largest absolute Gasteiger partial charge is 0.397 e. The van der Waals surface area contributed by atoms with Gasteiger partial charge in [-0.05, 0) is 25.1 Å². The van der Waals surface area contributed by atoms with Gasteiger partial charge in [0.15, 0.2) is 0 Å². The number of aromatic nitrogens is 2. The molecule has 1 heterocycles. The van der Waals surface area contributed by atoms with Crippen molar-refractivity contribution < 1.29 is 8.42 Å². The number of aromatic amines is 1. The second-order valence-corrected chi connectivity index (χ2v) is 5.73. The average molecular weight is 281 g/mol. The van der Waals surface area contributed by atoms with Crippen LogP contribution in [0.25, 0.3) is 0 Å². The Labute approximate surface area is 111 Å². The predicted octanol–water partition coefficient (Wildman–Crippen LogP) is 0.560. The Morgan fingerprint density at radius 3 is 2.68 bits per heavy atom. The van der Waals surface area contributed by atoms with Gasteiger partial charge < -0.3 is 11.1 Å². The first-order chi connectivity index (χ1) is 8.88. The van der Waals surface area contributed by atoms with Gasteiger partial charge in [0.05, 0.1) is 22.5 Å². The normalized spacial score (nSPS) is 11.5. The van der Waals surface area contributed by atoms with Gasteiger partial charge in [-0.2, -0.15) is 5.10 Å². The fourth-order valence-electron chi connectivity index (χ4n) is 1.62. The van der Waals surface area contributed by atoms with Gasteiger partial charge >= 0.3 is 0 Å². The zero-order chi connectivity index (χ0) is 14.0. The number of nitrogens with zero attached hydrogens (tertiary/aromatic N) is 1. The molecule has 2 rings (SSSR count). The summed E-state index contributed by atoms with van der Waals surface area (Å²) in [6.07, 6.45) is 1.72. The summed E-state index contributed by atoms with van der Waals surface area (Å²) in [6, 6.07) is 4.33. The van der Waals surface area contributed by atoms with Gasteiger partial charge in [0, 0.05) is 17.8 Å². The molecule has 0 radical (unpaired) electrons. The molecule has 0 spiro atoms. The number of sulfonamides is 1. The molecule has 0 amide bonds. The van der Waals surface area contributed by atoms with E-state index in [1.54, 1.807) is 12.3 Å². The highest BCUT2D eigenvalue weighted by Crippen LogP contribution is 2.22. The Morgan fingerprint density at radius 1 is 1.42 bits per heavy atom. The Bertz CT molecular complexity index is 693. The van der Waals surface area contributed by atoms with Crippen LogP contribution in [-0.2, 0) is 16.6 Å². The number of hydrogen-bond acceptors (Lipinski definition) is 5. The zero-order valence-corrected chi connectivity index (χ0v) is 11.2. The van der Waals surface area contributed by atoms with Crippen molar-refractivity contribution in [2.24, 2.45) is 5.14 Å². The molecule has 0 atom stereocenters. The van der Waals surface area contributed by atoms with Crippen molar-refractivity contribution in [3.63, 3.8) is 0 Å². The molecule has 102 valence electrons. The van der Waals surface area contributed by atoms with Crippen molar-refractivity contribution in [1.82, 2.24) is 10.2 Å². The summed E-state index contributed by atoms with van der Waals surface area (Å²) in [5.41, 5.74) is 8.74.